The molecular formula is C19H16F3N5S2. The first-order chi connectivity index (χ1) is 13.9. The van der Waals surface area contributed by atoms with Crippen LogP contribution in [-0.4, -0.2) is 27.8 Å². The largest absolute Gasteiger partial charge is 0.416 e. The second kappa shape index (κ2) is 8.05. The summed E-state index contributed by atoms with van der Waals surface area (Å²) in [6.45, 7) is 0.436. The van der Waals surface area contributed by atoms with Gasteiger partial charge in [0.2, 0.25) is 5.13 Å². The maximum atomic E-state index is 12.6. The highest BCUT2D eigenvalue weighted by atomic mass is 32.1. The molecule has 4 aromatic rings. The van der Waals surface area contributed by atoms with Crippen molar-refractivity contribution in [2.75, 3.05) is 11.9 Å². The number of aromatic nitrogens is 3. The first kappa shape index (κ1) is 19.7. The van der Waals surface area contributed by atoms with Crippen LogP contribution in [-0.2, 0) is 12.6 Å². The number of benzene rings is 1. The Hall–Kier alpha value is -2.56. The summed E-state index contributed by atoms with van der Waals surface area (Å²) < 4.78 is 39.0. The Balaban J connectivity index is 1.34. The van der Waals surface area contributed by atoms with Gasteiger partial charge in [0.05, 0.1) is 15.1 Å². The summed E-state index contributed by atoms with van der Waals surface area (Å²) in [6, 6.07) is 8.82. The van der Waals surface area contributed by atoms with E-state index in [1.807, 2.05) is 12.3 Å². The molecule has 1 atom stereocenters. The minimum atomic E-state index is -4.33. The molecule has 0 saturated heterocycles. The Morgan fingerprint density at radius 1 is 1.07 bits per heavy atom. The number of thiophene rings is 1. The van der Waals surface area contributed by atoms with Crippen LogP contribution in [0.5, 0.6) is 0 Å². The van der Waals surface area contributed by atoms with Gasteiger partial charge in [-0.3, -0.25) is 4.98 Å². The van der Waals surface area contributed by atoms with Crippen molar-refractivity contribution in [2.45, 2.75) is 18.6 Å². The Morgan fingerprint density at radius 2 is 1.86 bits per heavy atom. The van der Waals surface area contributed by atoms with Gasteiger partial charge >= 0.3 is 6.18 Å². The lowest BCUT2D eigenvalue weighted by Crippen LogP contribution is -2.31. The zero-order chi connectivity index (χ0) is 20.4. The van der Waals surface area contributed by atoms with Crippen LogP contribution in [0, 0.1) is 0 Å². The van der Waals surface area contributed by atoms with Gasteiger partial charge in [0, 0.05) is 25.0 Å². The highest BCUT2D eigenvalue weighted by molar-refractivity contribution is 7.26. The monoisotopic (exact) mass is 435 g/mol. The summed E-state index contributed by atoms with van der Waals surface area (Å²) >= 11 is 3.04. The quantitative estimate of drug-likeness (QED) is 0.454. The fourth-order valence-electron chi connectivity index (χ4n) is 2.81. The van der Waals surface area contributed by atoms with E-state index >= 15 is 0 Å². The zero-order valence-corrected chi connectivity index (χ0v) is 16.6. The van der Waals surface area contributed by atoms with Crippen molar-refractivity contribution in [3.05, 3.63) is 59.9 Å². The minimum Gasteiger partial charge on any atom is -0.359 e. The summed E-state index contributed by atoms with van der Waals surface area (Å²) in [5, 5.41) is 14.1. The molecule has 10 heteroatoms. The average molecular weight is 436 g/mol. The maximum absolute atomic E-state index is 12.6. The third-order valence-corrected chi connectivity index (χ3v) is 6.39. The average Bonchev–Trinajstić information content (AvgIpc) is 3.33. The fourth-order valence-corrected chi connectivity index (χ4v) is 4.63. The van der Waals surface area contributed by atoms with Crippen molar-refractivity contribution in [3.8, 4) is 9.88 Å². The first-order valence-electron chi connectivity index (χ1n) is 8.71. The molecule has 3 N–H and O–H groups in total. The number of alkyl halides is 3. The molecule has 0 aliphatic heterocycles. The van der Waals surface area contributed by atoms with Gasteiger partial charge < -0.3 is 11.1 Å². The molecule has 3 heterocycles. The Bertz CT molecular complexity index is 1070. The van der Waals surface area contributed by atoms with Gasteiger partial charge in [-0.15, -0.1) is 21.5 Å². The summed E-state index contributed by atoms with van der Waals surface area (Å²) in [5.41, 5.74) is 6.21. The van der Waals surface area contributed by atoms with Gasteiger partial charge in [-0.25, -0.2) is 0 Å². The third-order valence-electron chi connectivity index (χ3n) is 4.25. The van der Waals surface area contributed by atoms with Crippen molar-refractivity contribution in [2.24, 2.45) is 5.73 Å². The molecule has 1 aromatic carbocycles. The lowest BCUT2D eigenvalue weighted by Gasteiger charge is -2.13. The van der Waals surface area contributed by atoms with E-state index in [4.69, 9.17) is 5.73 Å². The molecule has 0 bridgehead atoms. The van der Waals surface area contributed by atoms with E-state index in [0.29, 0.717) is 18.1 Å². The predicted molar refractivity (Wildman–Crippen MR) is 110 cm³/mol. The number of pyridine rings is 1. The second-order valence-electron chi connectivity index (χ2n) is 6.48. The molecule has 0 fully saturated rings. The van der Waals surface area contributed by atoms with E-state index in [1.165, 1.54) is 23.5 Å². The van der Waals surface area contributed by atoms with E-state index < -0.39 is 11.7 Å². The summed E-state index contributed by atoms with van der Waals surface area (Å²) in [7, 11) is 0. The number of halogens is 3. The predicted octanol–water partition coefficient (Wildman–Crippen LogP) is 4.82. The summed E-state index contributed by atoms with van der Waals surface area (Å²) in [4.78, 5) is 5.14. The van der Waals surface area contributed by atoms with E-state index in [0.717, 1.165) is 37.7 Å². The molecular weight excluding hydrogens is 419 g/mol. The molecule has 0 aliphatic rings. The van der Waals surface area contributed by atoms with E-state index in [1.54, 1.807) is 17.5 Å². The number of anilines is 1. The van der Waals surface area contributed by atoms with Gasteiger partial charge in [0.15, 0.2) is 5.01 Å². The molecule has 0 saturated carbocycles. The van der Waals surface area contributed by atoms with Gasteiger partial charge in [-0.1, -0.05) is 23.5 Å². The smallest absolute Gasteiger partial charge is 0.359 e. The van der Waals surface area contributed by atoms with Crippen LogP contribution >= 0.6 is 22.7 Å². The van der Waals surface area contributed by atoms with Crippen LogP contribution in [0.25, 0.3) is 20.0 Å². The fraction of sp³-hybridized carbons (Fsp3) is 0.211. The van der Waals surface area contributed by atoms with Crippen LogP contribution in [0.3, 0.4) is 0 Å². The zero-order valence-electron chi connectivity index (χ0n) is 15.0. The summed E-state index contributed by atoms with van der Waals surface area (Å²) in [5.74, 6) is 0. The minimum absolute atomic E-state index is 0.269. The molecule has 29 heavy (non-hydrogen) atoms. The molecule has 4 rings (SSSR count). The molecule has 0 amide bonds. The Morgan fingerprint density at radius 3 is 2.59 bits per heavy atom. The topological polar surface area (TPSA) is 76.7 Å². The number of nitrogens with one attached hydrogen (secondary N) is 1. The molecule has 0 aliphatic carbocycles. The van der Waals surface area contributed by atoms with E-state index in [9.17, 15) is 13.2 Å². The molecule has 1 unspecified atom stereocenters. The number of rotatable bonds is 6. The lowest BCUT2D eigenvalue weighted by atomic mass is 10.0. The first-order valence-corrected chi connectivity index (χ1v) is 10.3. The number of fused-ring (bicyclic) bond motifs is 1. The van der Waals surface area contributed by atoms with Crippen molar-refractivity contribution < 1.29 is 13.2 Å². The molecule has 0 spiro atoms. The van der Waals surface area contributed by atoms with Gasteiger partial charge in [-0.2, -0.15) is 13.2 Å². The number of nitrogens with zero attached hydrogens (tertiary/aromatic N) is 3. The van der Waals surface area contributed by atoms with E-state index in [-0.39, 0.29) is 6.04 Å². The number of hydrogen-bond donors (Lipinski definition) is 2. The maximum Gasteiger partial charge on any atom is 0.416 e. The number of hydrogen-bond acceptors (Lipinski definition) is 7. The normalized spacial score (nSPS) is 13.0. The molecule has 3 aromatic heterocycles. The van der Waals surface area contributed by atoms with Crippen LogP contribution in [0.15, 0.2) is 48.8 Å². The van der Waals surface area contributed by atoms with Crippen LogP contribution < -0.4 is 11.1 Å². The lowest BCUT2D eigenvalue weighted by molar-refractivity contribution is -0.137. The molecule has 5 nitrogen and oxygen atoms in total. The molecule has 0 radical (unpaired) electrons. The van der Waals surface area contributed by atoms with Crippen LogP contribution in [0.1, 0.15) is 11.1 Å². The van der Waals surface area contributed by atoms with Crippen LogP contribution in [0.4, 0.5) is 18.3 Å². The second-order valence-corrected chi connectivity index (χ2v) is 8.54. The van der Waals surface area contributed by atoms with Crippen LogP contribution in [0.2, 0.25) is 0 Å². The third kappa shape index (κ3) is 4.72. The van der Waals surface area contributed by atoms with Crippen molar-refractivity contribution in [1.29, 1.82) is 0 Å². The van der Waals surface area contributed by atoms with Crippen molar-refractivity contribution in [1.82, 2.24) is 15.2 Å². The summed E-state index contributed by atoms with van der Waals surface area (Å²) in [6.07, 6.45) is -0.295. The molecule has 150 valence electrons. The Kier molecular flexibility index (Phi) is 5.48. The van der Waals surface area contributed by atoms with Gasteiger partial charge in [0.25, 0.3) is 0 Å². The number of nitrogens with two attached hydrogens (primary N) is 1. The van der Waals surface area contributed by atoms with E-state index in [2.05, 4.69) is 26.6 Å². The van der Waals surface area contributed by atoms with Gasteiger partial charge in [0.1, 0.15) is 0 Å². The van der Waals surface area contributed by atoms with Gasteiger partial charge in [-0.05, 0) is 41.6 Å². The van der Waals surface area contributed by atoms with Crippen molar-refractivity contribution >= 4 is 37.9 Å². The Labute approximate surface area is 172 Å². The highest BCUT2D eigenvalue weighted by Gasteiger charge is 2.29. The standard InChI is InChI=1S/C19H16F3N5S2/c20-19(21,22)13-3-1-11(2-4-13)7-14(23)9-25-18-27-26-17(29-18)15-8-12-5-6-24-10-16(12)28-15/h1-6,8,10,14H,7,9,23H2,(H,25,27). The SMILES string of the molecule is NC(CNc1nnc(-c2cc3ccncc3s2)s1)Cc1ccc(C(F)(F)F)cc1. The van der Waals surface area contributed by atoms with Crippen molar-refractivity contribution in [3.63, 3.8) is 0 Å². The highest BCUT2D eigenvalue weighted by Crippen LogP contribution is 2.35.